The number of nitrogens with one attached hydrogen (secondary N) is 1. The Balaban J connectivity index is 1.66. The first kappa shape index (κ1) is 13.3. The molecule has 3 atom stereocenters. The van der Waals surface area contributed by atoms with Crippen LogP contribution in [0.4, 0.5) is 0 Å². The maximum absolute atomic E-state index is 5.80. The zero-order chi connectivity index (χ0) is 12.1. The van der Waals surface area contributed by atoms with E-state index in [9.17, 15) is 0 Å². The van der Waals surface area contributed by atoms with E-state index >= 15 is 0 Å². The van der Waals surface area contributed by atoms with Crippen LogP contribution in [-0.2, 0) is 4.74 Å². The summed E-state index contributed by atoms with van der Waals surface area (Å²) in [4.78, 5) is 2.62. The van der Waals surface area contributed by atoms with E-state index in [1.54, 1.807) is 0 Å². The SMILES string of the molecule is CNC1CCN(CCC2CCCCO2)CC1C. The fraction of sp³-hybridized carbons (Fsp3) is 1.00. The lowest BCUT2D eigenvalue weighted by molar-refractivity contribution is 0.00251. The third kappa shape index (κ3) is 3.94. The molecule has 2 saturated heterocycles. The van der Waals surface area contributed by atoms with Crippen LogP contribution in [0.25, 0.3) is 0 Å². The van der Waals surface area contributed by atoms with Gasteiger partial charge in [-0.1, -0.05) is 6.92 Å². The van der Waals surface area contributed by atoms with E-state index in [0.29, 0.717) is 6.10 Å². The summed E-state index contributed by atoms with van der Waals surface area (Å²) in [6.45, 7) is 7.08. The van der Waals surface area contributed by atoms with Gasteiger partial charge in [-0.05, 0) is 51.6 Å². The van der Waals surface area contributed by atoms with Crippen LogP contribution in [0.1, 0.15) is 39.0 Å². The van der Waals surface area contributed by atoms with Crippen molar-refractivity contribution >= 4 is 0 Å². The molecule has 3 unspecified atom stereocenters. The molecule has 2 rings (SSSR count). The summed E-state index contributed by atoms with van der Waals surface area (Å²) in [7, 11) is 2.09. The first-order chi connectivity index (χ1) is 8.29. The van der Waals surface area contributed by atoms with Crippen LogP contribution in [0.2, 0.25) is 0 Å². The van der Waals surface area contributed by atoms with E-state index < -0.39 is 0 Å². The highest BCUT2D eigenvalue weighted by atomic mass is 16.5. The van der Waals surface area contributed by atoms with Crippen LogP contribution >= 0.6 is 0 Å². The molecule has 0 amide bonds. The molecule has 2 fully saturated rings. The Morgan fingerprint density at radius 2 is 2.18 bits per heavy atom. The van der Waals surface area contributed by atoms with Gasteiger partial charge in [0.15, 0.2) is 0 Å². The molecule has 3 heteroatoms. The summed E-state index contributed by atoms with van der Waals surface area (Å²) in [5.41, 5.74) is 0. The molecule has 0 radical (unpaired) electrons. The zero-order valence-electron chi connectivity index (χ0n) is 11.5. The molecule has 17 heavy (non-hydrogen) atoms. The molecule has 100 valence electrons. The van der Waals surface area contributed by atoms with Crippen LogP contribution in [-0.4, -0.2) is 50.3 Å². The molecule has 1 N–H and O–H groups in total. The second-order valence-corrected chi connectivity index (χ2v) is 5.74. The van der Waals surface area contributed by atoms with Gasteiger partial charge in [0.2, 0.25) is 0 Å². The Morgan fingerprint density at radius 3 is 2.82 bits per heavy atom. The van der Waals surface area contributed by atoms with Crippen LogP contribution in [0.3, 0.4) is 0 Å². The number of hydrogen-bond donors (Lipinski definition) is 1. The van der Waals surface area contributed by atoms with Gasteiger partial charge in [-0.15, -0.1) is 0 Å². The smallest absolute Gasteiger partial charge is 0.0587 e. The average Bonchev–Trinajstić information content (AvgIpc) is 2.38. The first-order valence-corrected chi connectivity index (χ1v) is 7.31. The van der Waals surface area contributed by atoms with Crippen LogP contribution in [0.5, 0.6) is 0 Å². The molecule has 0 aromatic heterocycles. The highest BCUT2D eigenvalue weighted by Gasteiger charge is 2.25. The van der Waals surface area contributed by atoms with Crippen molar-refractivity contribution in [2.45, 2.75) is 51.2 Å². The van der Waals surface area contributed by atoms with E-state index in [2.05, 4.69) is 24.2 Å². The number of nitrogens with zero attached hydrogens (tertiary/aromatic N) is 1. The third-order valence-electron chi connectivity index (χ3n) is 4.40. The molecule has 2 heterocycles. The minimum atomic E-state index is 0.543. The van der Waals surface area contributed by atoms with E-state index in [1.165, 1.54) is 51.7 Å². The molecule has 0 bridgehead atoms. The predicted octanol–water partition coefficient (Wildman–Crippen LogP) is 1.88. The summed E-state index contributed by atoms with van der Waals surface area (Å²) < 4.78 is 5.80. The number of rotatable bonds is 4. The van der Waals surface area contributed by atoms with Crippen molar-refractivity contribution in [3.63, 3.8) is 0 Å². The van der Waals surface area contributed by atoms with E-state index in [-0.39, 0.29) is 0 Å². The minimum Gasteiger partial charge on any atom is -0.378 e. The van der Waals surface area contributed by atoms with Crippen molar-refractivity contribution in [2.75, 3.05) is 33.3 Å². The molecule has 0 saturated carbocycles. The predicted molar refractivity (Wildman–Crippen MR) is 71.3 cm³/mol. The second-order valence-electron chi connectivity index (χ2n) is 5.74. The van der Waals surface area contributed by atoms with Gasteiger partial charge in [0.05, 0.1) is 6.10 Å². The minimum absolute atomic E-state index is 0.543. The van der Waals surface area contributed by atoms with Gasteiger partial charge in [0.1, 0.15) is 0 Å². The fourth-order valence-corrected chi connectivity index (χ4v) is 3.23. The van der Waals surface area contributed by atoms with E-state index in [4.69, 9.17) is 4.74 Å². The molecule has 2 aliphatic rings. The van der Waals surface area contributed by atoms with Crippen LogP contribution in [0.15, 0.2) is 0 Å². The lowest BCUT2D eigenvalue weighted by atomic mass is 9.93. The summed E-state index contributed by atoms with van der Waals surface area (Å²) in [6.07, 6.45) is 6.98. The normalized spacial score (nSPS) is 36.0. The number of piperidine rings is 1. The summed E-state index contributed by atoms with van der Waals surface area (Å²) in [6, 6.07) is 0.720. The maximum Gasteiger partial charge on any atom is 0.0587 e. The van der Waals surface area contributed by atoms with Gasteiger partial charge in [-0.2, -0.15) is 0 Å². The Kier molecular flexibility index (Phi) is 5.26. The lowest BCUT2D eigenvalue weighted by Crippen LogP contribution is -2.47. The van der Waals surface area contributed by atoms with Crippen molar-refractivity contribution in [3.8, 4) is 0 Å². The molecule has 0 aromatic carbocycles. The summed E-state index contributed by atoms with van der Waals surface area (Å²) in [5.74, 6) is 0.779. The molecule has 3 nitrogen and oxygen atoms in total. The molecule has 0 aliphatic carbocycles. The standard InChI is InChI=1S/C14H28N2O/c1-12-11-16(9-7-14(12)15-2)8-6-13-5-3-4-10-17-13/h12-15H,3-11H2,1-2H3. The van der Waals surface area contributed by atoms with E-state index in [1.807, 2.05) is 0 Å². The number of likely N-dealkylation sites (tertiary alicyclic amines) is 1. The number of ether oxygens (including phenoxy) is 1. The Hall–Kier alpha value is -0.120. The second kappa shape index (κ2) is 6.72. The highest BCUT2D eigenvalue weighted by Crippen LogP contribution is 2.19. The highest BCUT2D eigenvalue weighted by molar-refractivity contribution is 4.82. The van der Waals surface area contributed by atoms with Gasteiger partial charge in [0.25, 0.3) is 0 Å². The van der Waals surface area contributed by atoms with Gasteiger partial charge in [-0.3, -0.25) is 0 Å². The van der Waals surface area contributed by atoms with Crippen molar-refractivity contribution in [2.24, 2.45) is 5.92 Å². The zero-order valence-corrected chi connectivity index (χ0v) is 11.5. The third-order valence-corrected chi connectivity index (χ3v) is 4.40. The Labute approximate surface area is 106 Å². The quantitative estimate of drug-likeness (QED) is 0.812. The topological polar surface area (TPSA) is 24.5 Å². The Bertz CT molecular complexity index is 216. The van der Waals surface area contributed by atoms with Crippen molar-refractivity contribution in [1.82, 2.24) is 10.2 Å². The van der Waals surface area contributed by atoms with Crippen molar-refractivity contribution in [1.29, 1.82) is 0 Å². The summed E-state index contributed by atoms with van der Waals surface area (Å²) >= 11 is 0. The first-order valence-electron chi connectivity index (χ1n) is 7.31. The molecular formula is C14H28N2O. The maximum atomic E-state index is 5.80. The molecule has 0 aromatic rings. The van der Waals surface area contributed by atoms with Crippen molar-refractivity contribution < 1.29 is 4.74 Å². The van der Waals surface area contributed by atoms with Crippen LogP contribution < -0.4 is 5.32 Å². The molecular weight excluding hydrogens is 212 g/mol. The summed E-state index contributed by atoms with van der Waals surface area (Å²) in [5, 5.41) is 3.43. The average molecular weight is 240 g/mol. The van der Waals surface area contributed by atoms with Gasteiger partial charge < -0.3 is 15.0 Å². The largest absolute Gasteiger partial charge is 0.378 e. The molecule has 2 aliphatic heterocycles. The van der Waals surface area contributed by atoms with E-state index in [0.717, 1.165) is 18.6 Å². The monoisotopic (exact) mass is 240 g/mol. The fourth-order valence-electron chi connectivity index (χ4n) is 3.23. The van der Waals surface area contributed by atoms with Gasteiger partial charge >= 0.3 is 0 Å². The van der Waals surface area contributed by atoms with Gasteiger partial charge in [0, 0.05) is 25.7 Å². The van der Waals surface area contributed by atoms with Crippen molar-refractivity contribution in [3.05, 3.63) is 0 Å². The Morgan fingerprint density at radius 1 is 1.29 bits per heavy atom. The van der Waals surface area contributed by atoms with Crippen LogP contribution in [0, 0.1) is 5.92 Å². The van der Waals surface area contributed by atoms with Gasteiger partial charge in [-0.25, -0.2) is 0 Å². The number of hydrogen-bond acceptors (Lipinski definition) is 3. The lowest BCUT2D eigenvalue weighted by Gasteiger charge is -2.37. The molecule has 0 spiro atoms.